The van der Waals surface area contributed by atoms with Crippen molar-refractivity contribution in [2.24, 2.45) is 0 Å². The van der Waals surface area contributed by atoms with E-state index in [2.05, 4.69) is 29.2 Å². The third kappa shape index (κ3) is 1.75. The zero-order valence-electron chi connectivity index (χ0n) is 10.7. The average molecular weight is 246 g/mol. The fourth-order valence-corrected chi connectivity index (χ4v) is 2.56. The Hall–Kier alpha value is -1.62. The summed E-state index contributed by atoms with van der Waals surface area (Å²) >= 11 is 0. The van der Waals surface area contributed by atoms with Crippen molar-refractivity contribution in [2.75, 3.05) is 6.54 Å². The van der Waals surface area contributed by atoms with E-state index in [1.165, 1.54) is 4.52 Å². The van der Waals surface area contributed by atoms with Gasteiger partial charge in [0, 0.05) is 23.9 Å². The number of rotatable bonds is 2. The number of hydrogen-bond acceptors (Lipinski definition) is 3. The van der Waals surface area contributed by atoms with Gasteiger partial charge in [0.05, 0.1) is 5.69 Å². The van der Waals surface area contributed by atoms with Crippen LogP contribution in [0.25, 0.3) is 5.65 Å². The lowest BCUT2D eigenvalue weighted by atomic mass is 10.1. The molecule has 0 aliphatic carbocycles. The van der Waals surface area contributed by atoms with Gasteiger partial charge in [-0.2, -0.15) is 0 Å². The van der Waals surface area contributed by atoms with Gasteiger partial charge >= 0.3 is 0 Å². The fourth-order valence-electron chi connectivity index (χ4n) is 2.56. The van der Waals surface area contributed by atoms with Gasteiger partial charge in [0.15, 0.2) is 5.65 Å². The molecule has 1 aliphatic rings. The van der Waals surface area contributed by atoms with Crippen LogP contribution in [0.2, 0.25) is 0 Å². The quantitative estimate of drug-likeness (QED) is 0.845. The maximum absolute atomic E-state index is 12.1. The SMILES string of the molecule is CC(C)c1c[nH]n2c(=O)cc(C3CCCN3)nc12. The molecular formula is C13H18N4O. The number of fused-ring (bicyclic) bond motifs is 1. The molecule has 0 saturated carbocycles. The molecule has 1 saturated heterocycles. The molecule has 2 N–H and O–H groups in total. The molecule has 0 aromatic carbocycles. The van der Waals surface area contributed by atoms with Crippen LogP contribution in [-0.4, -0.2) is 21.1 Å². The highest BCUT2D eigenvalue weighted by Crippen LogP contribution is 2.23. The van der Waals surface area contributed by atoms with Crippen molar-refractivity contribution in [3.05, 3.63) is 33.9 Å². The number of hydrogen-bond donors (Lipinski definition) is 2. The summed E-state index contributed by atoms with van der Waals surface area (Å²) in [6.07, 6.45) is 4.08. The molecule has 5 nitrogen and oxygen atoms in total. The third-order valence-corrected chi connectivity index (χ3v) is 3.59. The van der Waals surface area contributed by atoms with Gasteiger partial charge in [-0.05, 0) is 25.3 Å². The van der Waals surface area contributed by atoms with Crippen molar-refractivity contribution in [3.63, 3.8) is 0 Å². The minimum atomic E-state index is -0.0319. The summed E-state index contributed by atoms with van der Waals surface area (Å²) in [5, 5.41) is 6.36. The number of nitrogens with zero attached hydrogens (tertiary/aromatic N) is 2. The van der Waals surface area contributed by atoms with Crippen LogP contribution >= 0.6 is 0 Å². The molecule has 18 heavy (non-hydrogen) atoms. The molecule has 3 rings (SSSR count). The maximum Gasteiger partial charge on any atom is 0.272 e. The van der Waals surface area contributed by atoms with Gasteiger partial charge in [-0.15, -0.1) is 0 Å². The molecule has 1 aliphatic heterocycles. The second-order valence-electron chi connectivity index (χ2n) is 5.21. The van der Waals surface area contributed by atoms with Crippen molar-refractivity contribution in [1.82, 2.24) is 19.9 Å². The van der Waals surface area contributed by atoms with Crippen LogP contribution in [0.4, 0.5) is 0 Å². The molecule has 1 unspecified atom stereocenters. The summed E-state index contributed by atoms with van der Waals surface area (Å²) in [7, 11) is 0. The minimum absolute atomic E-state index is 0.0319. The molecule has 3 heterocycles. The monoisotopic (exact) mass is 246 g/mol. The van der Waals surface area contributed by atoms with E-state index in [0.29, 0.717) is 5.92 Å². The van der Waals surface area contributed by atoms with Crippen molar-refractivity contribution < 1.29 is 0 Å². The Morgan fingerprint density at radius 2 is 2.33 bits per heavy atom. The molecule has 1 atom stereocenters. The summed E-state index contributed by atoms with van der Waals surface area (Å²) in [6.45, 7) is 5.22. The van der Waals surface area contributed by atoms with E-state index in [0.717, 1.165) is 36.3 Å². The molecule has 1 fully saturated rings. The first-order valence-corrected chi connectivity index (χ1v) is 6.51. The number of aromatic nitrogens is 3. The summed E-state index contributed by atoms with van der Waals surface area (Å²) in [6, 6.07) is 1.87. The van der Waals surface area contributed by atoms with Gasteiger partial charge in [0.2, 0.25) is 0 Å². The predicted octanol–water partition coefficient (Wildman–Crippen LogP) is 1.57. The Labute approximate surface area is 105 Å². The van der Waals surface area contributed by atoms with Gasteiger partial charge in [0.1, 0.15) is 0 Å². The normalized spacial score (nSPS) is 20.1. The van der Waals surface area contributed by atoms with Crippen LogP contribution in [0.5, 0.6) is 0 Å². The van der Waals surface area contributed by atoms with Crippen LogP contribution in [0, 0.1) is 0 Å². The molecule has 0 amide bonds. The molecular weight excluding hydrogens is 228 g/mol. The Balaban J connectivity index is 2.17. The van der Waals surface area contributed by atoms with E-state index >= 15 is 0 Å². The standard InChI is InChI=1S/C13H18N4O/c1-8(2)9-7-15-17-12(18)6-11(16-13(9)17)10-4-3-5-14-10/h6-8,10,14-15H,3-5H2,1-2H3. The minimum Gasteiger partial charge on any atom is -0.309 e. The Morgan fingerprint density at radius 1 is 1.50 bits per heavy atom. The fraction of sp³-hybridized carbons (Fsp3) is 0.538. The van der Waals surface area contributed by atoms with Gasteiger partial charge in [-0.3, -0.25) is 9.89 Å². The number of aromatic amines is 1. The first kappa shape index (κ1) is 11.5. The molecule has 0 spiro atoms. The zero-order valence-corrected chi connectivity index (χ0v) is 10.7. The Kier molecular flexibility index (Phi) is 2.70. The van der Waals surface area contributed by atoms with Crippen LogP contribution in [0.15, 0.2) is 17.1 Å². The summed E-state index contributed by atoms with van der Waals surface area (Å²) in [5.41, 5.74) is 2.70. The van der Waals surface area contributed by atoms with Crippen LogP contribution in [0.1, 0.15) is 49.9 Å². The zero-order chi connectivity index (χ0) is 12.7. The van der Waals surface area contributed by atoms with Gasteiger partial charge in [-0.25, -0.2) is 9.50 Å². The van der Waals surface area contributed by atoms with E-state index in [-0.39, 0.29) is 11.6 Å². The highest BCUT2D eigenvalue weighted by atomic mass is 16.1. The van der Waals surface area contributed by atoms with E-state index in [4.69, 9.17) is 0 Å². The van der Waals surface area contributed by atoms with Gasteiger partial charge < -0.3 is 5.32 Å². The van der Waals surface area contributed by atoms with Crippen LogP contribution < -0.4 is 10.9 Å². The second-order valence-corrected chi connectivity index (χ2v) is 5.21. The summed E-state index contributed by atoms with van der Waals surface area (Å²) in [4.78, 5) is 16.7. The van der Waals surface area contributed by atoms with E-state index < -0.39 is 0 Å². The smallest absolute Gasteiger partial charge is 0.272 e. The van der Waals surface area contributed by atoms with Crippen molar-refractivity contribution in [1.29, 1.82) is 0 Å². The van der Waals surface area contributed by atoms with Gasteiger partial charge in [-0.1, -0.05) is 13.8 Å². The Bertz CT molecular complexity index is 619. The van der Waals surface area contributed by atoms with Crippen molar-refractivity contribution in [2.45, 2.75) is 38.6 Å². The van der Waals surface area contributed by atoms with Crippen LogP contribution in [-0.2, 0) is 0 Å². The highest BCUT2D eigenvalue weighted by Gasteiger charge is 2.20. The third-order valence-electron chi connectivity index (χ3n) is 3.59. The number of nitrogens with one attached hydrogen (secondary N) is 2. The average Bonchev–Trinajstić information content (AvgIpc) is 2.97. The van der Waals surface area contributed by atoms with Crippen molar-refractivity contribution in [3.8, 4) is 0 Å². The lowest BCUT2D eigenvalue weighted by Gasteiger charge is -2.10. The molecule has 0 bridgehead atoms. The first-order valence-electron chi connectivity index (χ1n) is 6.51. The molecule has 0 radical (unpaired) electrons. The largest absolute Gasteiger partial charge is 0.309 e. The van der Waals surface area contributed by atoms with Gasteiger partial charge in [0.25, 0.3) is 5.56 Å². The second kappa shape index (κ2) is 4.24. The molecule has 2 aromatic rings. The van der Waals surface area contributed by atoms with E-state index in [1.807, 2.05) is 6.20 Å². The summed E-state index contributed by atoms with van der Waals surface area (Å²) in [5.74, 6) is 0.352. The van der Waals surface area contributed by atoms with Crippen LogP contribution in [0.3, 0.4) is 0 Å². The topological polar surface area (TPSA) is 62.2 Å². The lowest BCUT2D eigenvalue weighted by Crippen LogP contribution is -2.21. The molecule has 5 heteroatoms. The van der Waals surface area contributed by atoms with E-state index in [1.54, 1.807) is 6.07 Å². The maximum atomic E-state index is 12.1. The van der Waals surface area contributed by atoms with Crippen molar-refractivity contribution >= 4 is 5.65 Å². The lowest BCUT2D eigenvalue weighted by molar-refractivity contribution is 0.624. The predicted molar refractivity (Wildman–Crippen MR) is 69.9 cm³/mol. The molecule has 96 valence electrons. The first-order chi connectivity index (χ1) is 8.66. The number of H-pyrrole nitrogens is 1. The molecule has 2 aromatic heterocycles. The Morgan fingerprint density at radius 3 is 3.00 bits per heavy atom. The van der Waals surface area contributed by atoms with E-state index in [9.17, 15) is 4.79 Å². The highest BCUT2D eigenvalue weighted by molar-refractivity contribution is 5.48. The summed E-state index contributed by atoms with van der Waals surface area (Å²) < 4.78 is 1.52.